The van der Waals surface area contributed by atoms with Gasteiger partial charge in [-0.2, -0.15) is 0 Å². The monoisotopic (exact) mass is 269 g/mol. The van der Waals surface area contributed by atoms with Crippen molar-refractivity contribution in [2.45, 2.75) is 38.5 Å². The zero-order valence-corrected chi connectivity index (χ0v) is 12.1. The van der Waals surface area contributed by atoms with Crippen molar-refractivity contribution >= 4 is 11.5 Å². The maximum absolute atomic E-state index is 12.2. The van der Waals surface area contributed by atoms with Crippen LogP contribution in [0.25, 0.3) is 0 Å². The van der Waals surface area contributed by atoms with Gasteiger partial charge in [-0.1, -0.05) is 18.6 Å². The van der Waals surface area contributed by atoms with Crippen LogP contribution in [0.3, 0.4) is 0 Å². The number of fused-ring (bicyclic) bond motifs is 3. The number of hydrogen-bond acceptors (Lipinski definition) is 2. The fourth-order valence-electron chi connectivity index (χ4n) is 4.74. The third-order valence-corrected chi connectivity index (χ3v) is 5.72. The molecule has 0 radical (unpaired) electrons. The summed E-state index contributed by atoms with van der Waals surface area (Å²) >= 11 is 0. The zero-order chi connectivity index (χ0) is 13.5. The quantitative estimate of drug-likeness (QED) is 0.811. The van der Waals surface area contributed by atoms with E-state index in [2.05, 4.69) is 17.0 Å². The Morgan fingerprint density at radius 1 is 1.15 bits per heavy atom. The number of para-hydroxylation sites is 1. The molecule has 3 unspecified atom stereocenters. The van der Waals surface area contributed by atoms with E-state index in [1.54, 1.807) is 0 Å². The van der Waals surface area contributed by atoms with Crippen molar-refractivity contribution < 1.29 is 4.79 Å². The molecular formula is C18H23NO. The van der Waals surface area contributed by atoms with Gasteiger partial charge in [0.1, 0.15) is 0 Å². The number of anilines is 1. The summed E-state index contributed by atoms with van der Waals surface area (Å²) in [6, 6.07) is 8.23. The van der Waals surface area contributed by atoms with Gasteiger partial charge in [-0.15, -0.1) is 0 Å². The van der Waals surface area contributed by atoms with E-state index in [0.717, 1.165) is 36.3 Å². The first-order chi connectivity index (χ1) is 9.81. The fourth-order valence-corrected chi connectivity index (χ4v) is 4.74. The van der Waals surface area contributed by atoms with Gasteiger partial charge >= 0.3 is 0 Å². The highest BCUT2D eigenvalue weighted by Crippen LogP contribution is 2.48. The summed E-state index contributed by atoms with van der Waals surface area (Å²) in [4.78, 5) is 14.7. The standard InChI is InChI=1S/C18H23NO/c20-18-6-3-9-19(17-5-2-1-4-16(17)18)12-15-11-13-7-8-14(15)10-13/h1-2,4-5,13-15H,3,6-12H2. The van der Waals surface area contributed by atoms with E-state index < -0.39 is 0 Å². The highest BCUT2D eigenvalue weighted by Gasteiger charge is 2.40. The number of hydrogen-bond donors (Lipinski definition) is 0. The molecule has 0 spiro atoms. The molecule has 1 aliphatic heterocycles. The fraction of sp³-hybridized carbons (Fsp3) is 0.611. The van der Waals surface area contributed by atoms with E-state index >= 15 is 0 Å². The van der Waals surface area contributed by atoms with Gasteiger partial charge in [0, 0.05) is 30.8 Å². The van der Waals surface area contributed by atoms with Crippen molar-refractivity contribution in [1.82, 2.24) is 0 Å². The first kappa shape index (κ1) is 12.4. The lowest BCUT2D eigenvalue weighted by molar-refractivity contribution is 0.0984. The summed E-state index contributed by atoms with van der Waals surface area (Å²) in [7, 11) is 0. The number of ketones is 1. The third kappa shape index (κ3) is 2.06. The summed E-state index contributed by atoms with van der Waals surface area (Å²) in [5.74, 6) is 3.17. The van der Waals surface area contributed by atoms with Crippen LogP contribution in [-0.2, 0) is 0 Å². The van der Waals surface area contributed by atoms with Crippen LogP contribution in [0.15, 0.2) is 24.3 Å². The van der Waals surface area contributed by atoms with Crippen LogP contribution >= 0.6 is 0 Å². The lowest BCUT2D eigenvalue weighted by atomic mass is 9.88. The maximum Gasteiger partial charge on any atom is 0.165 e. The van der Waals surface area contributed by atoms with E-state index in [-0.39, 0.29) is 0 Å². The van der Waals surface area contributed by atoms with Gasteiger partial charge in [0.15, 0.2) is 5.78 Å². The van der Waals surface area contributed by atoms with Crippen LogP contribution in [0, 0.1) is 17.8 Å². The Morgan fingerprint density at radius 3 is 2.85 bits per heavy atom. The topological polar surface area (TPSA) is 20.3 Å². The van der Waals surface area contributed by atoms with Gasteiger partial charge in [-0.3, -0.25) is 4.79 Å². The summed E-state index contributed by atoms with van der Waals surface area (Å²) in [5, 5.41) is 0. The van der Waals surface area contributed by atoms with E-state index in [9.17, 15) is 4.79 Å². The van der Waals surface area contributed by atoms with Crippen molar-refractivity contribution in [2.24, 2.45) is 17.8 Å². The van der Waals surface area contributed by atoms with Gasteiger partial charge in [0.2, 0.25) is 0 Å². The molecule has 106 valence electrons. The van der Waals surface area contributed by atoms with Crippen molar-refractivity contribution in [2.75, 3.05) is 18.0 Å². The molecule has 0 amide bonds. The first-order valence-corrected chi connectivity index (χ1v) is 8.18. The molecule has 1 aromatic rings. The van der Waals surface area contributed by atoms with E-state index in [1.165, 1.54) is 37.9 Å². The maximum atomic E-state index is 12.2. The molecule has 0 N–H and O–H groups in total. The summed E-state index contributed by atoms with van der Waals surface area (Å²) in [5.41, 5.74) is 2.14. The molecule has 3 aliphatic rings. The summed E-state index contributed by atoms with van der Waals surface area (Å²) in [6.45, 7) is 2.22. The van der Waals surface area contributed by atoms with Crippen LogP contribution < -0.4 is 4.90 Å². The van der Waals surface area contributed by atoms with Gasteiger partial charge in [-0.25, -0.2) is 0 Å². The summed E-state index contributed by atoms with van der Waals surface area (Å²) in [6.07, 6.45) is 7.54. The molecule has 20 heavy (non-hydrogen) atoms. The molecule has 3 atom stereocenters. The van der Waals surface area contributed by atoms with E-state index in [1.807, 2.05) is 12.1 Å². The minimum Gasteiger partial charge on any atom is -0.371 e. The number of rotatable bonds is 2. The van der Waals surface area contributed by atoms with Crippen molar-refractivity contribution in [3.8, 4) is 0 Å². The highest BCUT2D eigenvalue weighted by molar-refractivity contribution is 6.01. The molecule has 4 rings (SSSR count). The predicted octanol–water partition coefficient (Wildman–Crippen LogP) is 3.91. The number of benzene rings is 1. The third-order valence-electron chi connectivity index (χ3n) is 5.72. The smallest absolute Gasteiger partial charge is 0.165 e. The normalized spacial score (nSPS) is 32.3. The van der Waals surface area contributed by atoms with Crippen LogP contribution in [0.4, 0.5) is 5.69 Å². The Bertz CT molecular complexity index is 524. The van der Waals surface area contributed by atoms with E-state index in [0.29, 0.717) is 12.2 Å². The Hall–Kier alpha value is -1.31. The van der Waals surface area contributed by atoms with Gasteiger partial charge in [0.05, 0.1) is 0 Å². The second-order valence-electron chi connectivity index (χ2n) is 6.92. The SMILES string of the molecule is O=C1CCCN(CC2CC3CCC2C3)c2ccccc21. The van der Waals surface area contributed by atoms with Gasteiger partial charge in [-0.05, 0) is 55.6 Å². The number of Topliss-reactive ketones (excluding diaryl/α,β-unsaturated/α-hetero) is 1. The van der Waals surface area contributed by atoms with Crippen LogP contribution in [0.5, 0.6) is 0 Å². The summed E-state index contributed by atoms with van der Waals surface area (Å²) < 4.78 is 0. The van der Waals surface area contributed by atoms with Gasteiger partial charge in [0.25, 0.3) is 0 Å². The minimum atomic E-state index is 0.330. The number of nitrogens with zero attached hydrogens (tertiary/aromatic N) is 1. The molecule has 0 aromatic heterocycles. The molecular weight excluding hydrogens is 246 g/mol. The van der Waals surface area contributed by atoms with Crippen LogP contribution in [0.2, 0.25) is 0 Å². The van der Waals surface area contributed by atoms with Crippen molar-refractivity contribution in [3.05, 3.63) is 29.8 Å². The van der Waals surface area contributed by atoms with Crippen molar-refractivity contribution in [3.63, 3.8) is 0 Å². The van der Waals surface area contributed by atoms with E-state index in [4.69, 9.17) is 0 Å². The molecule has 2 heteroatoms. The molecule has 2 nitrogen and oxygen atoms in total. The Kier molecular flexibility index (Phi) is 3.05. The number of carbonyl (C=O) groups excluding carboxylic acids is 1. The van der Waals surface area contributed by atoms with Gasteiger partial charge < -0.3 is 4.90 Å². The Morgan fingerprint density at radius 2 is 2.05 bits per heavy atom. The molecule has 2 aliphatic carbocycles. The molecule has 0 saturated heterocycles. The average Bonchev–Trinajstić information content (AvgIpc) is 3.04. The zero-order valence-electron chi connectivity index (χ0n) is 12.1. The molecule has 1 aromatic carbocycles. The predicted molar refractivity (Wildman–Crippen MR) is 81.2 cm³/mol. The highest BCUT2D eigenvalue weighted by atomic mass is 16.1. The molecule has 1 heterocycles. The Balaban J connectivity index is 1.58. The minimum absolute atomic E-state index is 0.330. The molecule has 2 fully saturated rings. The Labute approximate surface area is 121 Å². The van der Waals surface area contributed by atoms with Crippen LogP contribution in [-0.4, -0.2) is 18.9 Å². The van der Waals surface area contributed by atoms with Crippen molar-refractivity contribution in [1.29, 1.82) is 0 Å². The second-order valence-corrected chi connectivity index (χ2v) is 6.92. The lowest BCUT2D eigenvalue weighted by Gasteiger charge is -2.31. The second kappa shape index (κ2) is 4.91. The first-order valence-electron chi connectivity index (χ1n) is 8.18. The number of carbonyl (C=O) groups is 1. The average molecular weight is 269 g/mol. The molecule has 2 saturated carbocycles. The lowest BCUT2D eigenvalue weighted by Crippen LogP contribution is -2.32. The molecule has 2 bridgehead atoms. The largest absolute Gasteiger partial charge is 0.371 e. The van der Waals surface area contributed by atoms with Crippen LogP contribution in [0.1, 0.15) is 48.9 Å².